The van der Waals surface area contributed by atoms with Gasteiger partial charge < -0.3 is 9.67 Å². The molecule has 0 saturated carbocycles. The van der Waals surface area contributed by atoms with Crippen LogP contribution in [0.2, 0.25) is 5.02 Å². The Balaban J connectivity index is 2.27. The van der Waals surface area contributed by atoms with Crippen LogP contribution in [0.1, 0.15) is 0 Å². The molecule has 2 aromatic carbocycles. The summed E-state index contributed by atoms with van der Waals surface area (Å²) in [6.45, 7) is 0. The molecule has 0 aliphatic rings. The third kappa shape index (κ3) is 1.73. The number of phenols is 1. The van der Waals surface area contributed by atoms with Crippen molar-refractivity contribution in [3.63, 3.8) is 0 Å². The molecule has 0 atom stereocenters. The maximum Gasteiger partial charge on any atom is 0.140 e. The number of hydrogen-bond donors (Lipinski definition) is 1. The highest BCUT2D eigenvalue weighted by Gasteiger charge is 2.10. The van der Waals surface area contributed by atoms with Crippen LogP contribution in [0.15, 0.2) is 42.5 Å². The minimum atomic E-state index is 0.221. The number of halogens is 1. The van der Waals surface area contributed by atoms with Gasteiger partial charge in [-0.05, 0) is 24.3 Å². The number of nitrogens with zero attached hydrogens (tertiary/aromatic N) is 2. The molecule has 0 aliphatic carbocycles. The van der Waals surface area contributed by atoms with Crippen LogP contribution in [-0.2, 0) is 7.05 Å². The molecule has 0 saturated heterocycles. The van der Waals surface area contributed by atoms with Crippen LogP contribution in [0.5, 0.6) is 5.75 Å². The molecule has 0 aliphatic heterocycles. The molecule has 1 N–H and O–H groups in total. The molecule has 18 heavy (non-hydrogen) atoms. The number of aromatic nitrogens is 2. The number of fused-ring (bicyclic) bond motifs is 1. The Bertz CT molecular complexity index is 734. The van der Waals surface area contributed by atoms with E-state index in [4.69, 9.17) is 11.6 Å². The minimum Gasteiger partial charge on any atom is -0.508 e. The first-order valence-corrected chi connectivity index (χ1v) is 5.94. The van der Waals surface area contributed by atoms with Gasteiger partial charge in [0, 0.05) is 23.7 Å². The van der Waals surface area contributed by atoms with Crippen molar-refractivity contribution in [1.29, 1.82) is 0 Å². The summed E-state index contributed by atoms with van der Waals surface area (Å²) in [6.07, 6.45) is 0. The van der Waals surface area contributed by atoms with Crippen molar-refractivity contribution in [3.05, 3.63) is 47.5 Å². The number of rotatable bonds is 1. The summed E-state index contributed by atoms with van der Waals surface area (Å²) in [5.74, 6) is 1.05. The van der Waals surface area contributed by atoms with Crippen LogP contribution in [-0.4, -0.2) is 14.7 Å². The molecule has 1 aromatic heterocycles. The smallest absolute Gasteiger partial charge is 0.140 e. The van der Waals surface area contributed by atoms with E-state index in [0.717, 1.165) is 22.4 Å². The Kier molecular flexibility index (Phi) is 2.49. The first kappa shape index (κ1) is 11.1. The average Bonchev–Trinajstić information content (AvgIpc) is 2.66. The average molecular weight is 259 g/mol. The second-order valence-electron chi connectivity index (χ2n) is 4.18. The van der Waals surface area contributed by atoms with Gasteiger partial charge in [-0.25, -0.2) is 4.98 Å². The van der Waals surface area contributed by atoms with Crippen LogP contribution in [0, 0.1) is 0 Å². The lowest BCUT2D eigenvalue weighted by atomic mass is 10.2. The largest absolute Gasteiger partial charge is 0.508 e. The van der Waals surface area contributed by atoms with E-state index in [1.54, 1.807) is 12.1 Å². The lowest BCUT2D eigenvalue weighted by Crippen LogP contribution is -1.91. The summed E-state index contributed by atoms with van der Waals surface area (Å²) >= 11 is 5.99. The summed E-state index contributed by atoms with van der Waals surface area (Å²) in [5.41, 5.74) is 2.70. The fraction of sp³-hybridized carbons (Fsp3) is 0.0714. The SMILES string of the molecule is Cn1c(-c2cccc(Cl)c2)nc2cc(O)ccc21. The normalized spacial score (nSPS) is 11.0. The zero-order chi connectivity index (χ0) is 12.7. The molecule has 90 valence electrons. The Hall–Kier alpha value is -2.00. The maximum atomic E-state index is 9.47. The van der Waals surface area contributed by atoms with Crippen molar-refractivity contribution in [1.82, 2.24) is 9.55 Å². The van der Waals surface area contributed by atoms with Crippen molar-refractivity contribution >= 4 is 22.6 Å². The summed E-state index contributed by atoms with van der Waals surface area (Å²) in [7, 11) is 1.95. The number of imidazole rings is 1. The van der Waals surface area contributed by atoms with E-state index >= 15 is 0 Å². The van der Waals surface area contributed by atoms with Crippen LogP contribution in [0.25, 0.3) is 22.4 Å². The van der Waals surface area contributed by atoms with Gasteiger partial charge in [-0.1, -0.05) is 23.7 Å². The minimum absolute atomic E-state index is 0.221. The highest BCUT2D eigenvalue weighted by atomic mass is 35.5. The van der Waals surface area contributed by atoms with Crippen molar-refractivity contribution in [2.75, 3.05) is 0 Å². The number of benzene rings is 2. The van der Waals surface area contributed by atoms with Gasteiger partial charge >= 0.3 is 0 Å². The monoisotopic (exact) mass is 258 g/mol. The fourth-order valence-electron chi connectivity index (χ4n) is 2.07. The van der Waals surface area contributed by atoms with Crippen molar-refractivity contribution in [3.8, 4) is 17.1 Å². The highest BCUT2D eigenvalue weighted by molar-refractivity contribution is 6.30. The molecule has 0 fully saturated rings. The quantitative estimate of drug-likeness (QED) is 0.724. The standard InChI is InChI=1S/C14H11ClN2O/c1-17-13-6-5-11(18)8-12(13)16-14(17)9-3-2-4-10(15)7-9/h2-8,18H,1H3. The van der Waals surface area contributed by atoms with Crippen LogP contribution >= 0.6 is 11.6 Å². The molecule has 4 heteroatoms. The Morgan fingerprint density at radius 2 is 2.00 bits per heavy atom. The first-order valence-electron chi connectivity index (χ1n) is 5.56. The second kappa shape index (κ2) is 4.03. The van der Waals surface area contributed by atoms with Crippen LogP contribution < -0.4 is 0 Å². The van der Waals surface area contributed by atoms with Gasteiger partial charge in [-0.2, -0.15) is 0 Å². The van der Waals surface area contributed by atoms with Crippen LogP contribution in [0.3, 0.4) is 0 Å². The fourth-order valence-corrected chi connectivity index (χ4v) is 2.26. The molecule has 0 bridgehead atoms. The summed E-state index contributed by atoms with van der Waals surface area (Å²) in [5, 5.41) is 10.2. The molecule has 0 radical (unpaired) electrons. The zero-order valence-corrected chi connectivity index (χ0v) is 10.5. The molecule has 0 unspecified atom stereocenters. The van der Waals surface area contributed by atoms with Gasteiger partial charge in [-0.15, -0.1) is 0 Å². The number of phenolic OH excluding ortho intramolecular Hbond substituents is 1. The second-order valence-corrected chi connectivity index (χ2v) is 4.61. The molecule has 3 rings (SSSR count). The molecular formula is C14H11ClN2O. The molecule has 0 amide bonds. The summed E-state index contributed by atoms with van der Waals surface area (Å²) < 4.78 is 1.99. The van der Waals surface area contributed by atoms with E-state index in [2.05, 4.69) is 4.98 Å². The zero-order valence-electron chi connectivity index (χ0n) is 9.76. The Morgan fingerprint density at radius 3 is 2.78 bits per heavy atom. The third-order valence-corrected chi connectivity index (χ3v) is 3.18. The van der Waals surface area contributed by atoms with Crippen molar-refractivity contribution in [2.45, 2.75) is 0 Å². The van der Waals surface area contributed by atoms with Gasteiger partial charge in [0.2, 0.25) is 0 Å². The van der Waals surface area contributed by atoms with E-state index < -0.39 is 0 Å². The van der Waals surface area contributed by atoms with Gasteiger partial charge in [0.15, 0.2) is 0 Å². The van der Waals surface area contributed by atoms with Gasteiger partial charge in [-0.3, -0.25) is 0 Å². The predicted molar refractivity (Wildman–Crippen MR) is 72.8 cm³/mol. The Labute approximate surface area is 109 Å². The molecule has 3 nitrogen and oxygen atoms in total. The number of aromatic hydroxyl groups is 1. The number of aryl methyl sites for hydroxylation is 1. The van der Waals surface area contributed by atoms with Gasteiger partial charge in [0.05, 0.1) is 11.0 Å². The van der Waals surface area contributed by atoms with Gasteiger partial charge in [0.1, 0.15) is 11.6 Å². The van der Waals surface area contributed by atoms with Crippen molar-refractivity contribution < 1.29 is 5.11 Å². The Morgan fingerprint density at radius 1 is 1.17 bits per heavy atom. The van der Waals surface area contributed by atoms with E-state index in [9.17, 15) is 5.11 Å². The van der Waals surface area contributed by atoms with E-state index in [1.807, 2.05) is 41.9 Å². The van der Waals surface area contributed by atoms with Crippen molar-refractivity contribution in [2.24, 2.45) is 7.05 Å². The molecular weight excluding hydrogens is 248 g/mol. The lowest BCUT2D eigenvalue weighted by Gasteiger charge is -2.02. The highest BCUT2D eigenvalue weighted by Crippen LogP contribution is 2.27. The molecule has 0 spiro atoms. The third-order valence-electron chi connectivity index (χ3n) is 2.95. The van der Waals surface area contributed by atoms with E-state index in [0.29, 0.717) is 5.02 Å². The molecule has 3 aromatic rings. The van der Waals surface area contributed by atoms with Crippen LogP contribution in [0.4, 0.5) is 0 Å². The van der Waals surface area contributed by atoms with E-state index in [-0.39, 0.29) is 5.75 Å². The molecule has 1 heterocycles. The first-order chi connectivity index (χ1) is 8.65. The maximum absolute atomic E-state index is 9.47. The lowest BCUT2D eigenvalue weighted by molar-refractivity contribution is 0.476. The van der Waals surface area contributed by atoms with Gasteiger partial charge in [0.25, 0.3) is 0 Å². The summed E-state index contributed by atoms with van der Waals surface area (Å²) in [6, 6.07) is 12.7. The predicted octanol–water partition coefficient (Wildman–Crippen LogP) is 3.60. The van der Waals surface area contributed by atoms with E-state index in [1.165, 1.54) is 0 Å². The summed E-state index contributed by atoms with van der Waals surface area (Å²) in [4.78, 5) is 4.53. The number of hydrogen-bond acceptors (Lipinski definition) is 2. The topological polar surface area (TPSA) is 38.0 Å².